The molecule has 1 amide bonds. The number of carbonyl (C=O) groups is 2. The number of hydrogen-bond acceptors (Lipinski definition) is 3. The second kappa shape index (κ2) is 4.05. The van der Waals surface area contributed by atoms with Gasteiger partial charge < -0.3 is 15.7 Å². The summed E-state index contributed by atoms with van der Waals surface area (Å²) in [4.78, 5) is 24.8. The molecule has 3 N–H and O–H groups in total. The molecule has 1 aliphatic carbocycles. The summed E-state index contributed by atoms with van der Waals surface area (Å²) < 4.78 is 0. The van der Waals surface area contributed by atoms with Gasteiger partial charge in [0.05, 0.1) is 0 Å². The minimum atomic E-state index is -0.930. The van der Waals surface area contributed by atoms with Crippen molar-refractivity contribution in [3.05, 3.63) is 0 Å². The van der Waals surface area contributed by atoms with Crippen molar-refractivity contribution in [2.45, 2.75) is 37.6 Å². The maximum atomic E-state index is 11.8. The summed E-state index contributed by atoms with van der Waals surface area (Å²) in [5.74, 6) is -0.764. The largest absolute Gasteiger partial charge is 0.479 e. The molecule has 2 aliphatic rings. The number of amides is 1. The van der Waals surface area contributed by atoms with Crippen molar-refractivity contribution in [2.75, 3.05) is 13.1 Å². The van der Waals surface area contributed by atoms with Crippen LogP contribution in [0.3, 0.4) is 0 Å². The van der Waals surface area contributed by atoms with Gasteiger partial charge in [-0.25, -0.2) is 4.79 Å². The molecule has 1 saturated heterocycles. The van der Waals surface area contributed by atoms with Gasteiger partial charge in [-0.15, -0.1) is 0 Å². The normalized spacial score (nSPS) is 28.7. The molecule has 5 nitrogen and oxygen atoms in total. The van der Waals surface area contributed by atoms with Crippen LogP contribution in [0.15, 0.2) is 0 Å². The predicted molar refractivity (Wildman–Crippen MR) is 57.7 cm³/mol. The predicted octanol–water partition coefficient (Wildman–Crippen LogP) is 0.191. The molecule has 90 valence electrons. The quantitative estimate of drug-likeness (QED) is 0.719. The third-order valence-electron chi connectivity index (χ3n) is 3.88. The highest BCUT2D eigenvalue weighted by Crippen LogP contribution is 2.39. The molecule has 0 radical (unpaired) electrons. The van der Waals surface area contributed by atoms with Gasteiger partial charge in [-0.2, -0.15) is 0 Å². The lowest BCUT2D eigenvalue weighted by molar-refractivity contribution is -0.156. The Labute approximate surface area is 94.6 Å². The third-order valence-corrected chi connectivity index (χ3v) is 3.88. The van der Waals surface area contributed by atoms with E-state index in [0.717, 1.165) is 12.8 Å². The standard InChI is InChI=1S/C11H18N2O3/c12-6-8-5-9(14)13(7-8)11(10(15)16)3-1-2-4-11/h8H,1-7,12H2,(H,15,16). The van der Waals surface area contributed by atoms with Crippen molar-refractivity contribution in [1.82, 2.24) is 4.90 Å². The molecule has 0 bridgehead atoms. The molecular formula is C11H18N2O3. The molecule has 0 aromatic heterocycles. The summed E-state index contributed by atoms with van der Waals surface area (Å²) in [6.07, 6.45) is 3.37. The third kappa shape index (κ3) is 1.59. The highest BCUT2D eigenvalue weighted by Gasteiger charge is 2.51. The zero-order valence-corrected chi connectivity index (χ0v) is 9.32. The van der Waals surface area contributed by atoms with E-state index in [1.54, 1.807) is 4.90 Å². The molecule has 0 aromatic carbocycles. The van der Waals surface area contributed by atoms with Crippen LogP contribution in [-0.4, -0.2) is 40.5 Å². The number of likely N-dealkylation sites (tertiary alicyclic amines) is 1. The van der Waals surface area contributed by atoms with E-state index in [1.165, 1.54) is 0 Å². The van der Waals surface area contributed by atoms with Gasteiger partial charge in [0.25, 0.3) is 0 Å². The Hall–Kier alpha value is -1.10. The molecule has 16 heavy (non-hydrogen) atoms. The zero-order chi connectivity index (χ0) is 11.8. The molecule has 1 heterocycles. The lowest BCUT2D eigenvalue weighted by Gasteiger charge is -2.35. The highest BCUT2D eigenvalue weighted by atomic mass is 16.4. The molecule has 1 unspecified atom stereocenters. The number of rotatable bonds is 3. The van der Waals surface area contributed by atoms with Crippen molar-refractivity contribution in [3.63, 3.8) is 0 Å². The maximum Gasteiger partial charge on any atom is 0.329 e. The van der Waals surface area contributed by atoms with E-state index < -0.39 is 11.5 Å². The van der Waals surface area contributed by atoms with Crippen LogP contribution in [0.25, 0.3) is 0 Å². The van der Waals surface area contributed by atoms with Crippen molar-refractivity contribution in [1.29, 1.82) is 0 Å². The fourth-order valence-corrected chi connectivity index (χ4v) is 2.91. The molecule has 1 saturated carbocycles. The van der Waals surface area contributed by atoms with Crippen LogP contribution in [0, 0.1) is 5.92 Å². The summed E-state index contributed by atoms with van der Waals surface area (Å²) >= 11 is 0. The molecule has 0 aromatic rings. The lowest BCUT2D eigenvalue weighted by atomic mass is 9.95. The zero-order valence-electron chi connectivity index (χ0n) is 9.32. The number of carboxylic acid groups (broad SMARTS) is 1. The topological polar surface area (TPSA) is 83.6 Å². The summed E-state index contributed by atoms with van der Waals surface area (Å²) in [6, 6.07) is 0. The summed E-state index contributed by atoms with van der Waals surface area (Å²) in [5, 5.41) is 9.38. The van der Waals surface area contributed by atoms with Crippen molar-refractivity contribution in [2.24, 2.45) is 11.7 Å². The second-order valence-electron chi connectivity index (χ2n) is 4.85. The van der Waals surface area contributed by atoms with Crippen LogP contribution >= 0.6 is 0 Å². The van der Waals surface area contributed by atoms with Crippen LogP contribution in [0.4, 0.5) is 0 Å². The molecule has 1 atom stereocenters. The van der Waals surface area contributed by atoms with Crippen molar-refractivity contribution < 1.29 is 14.7 Å². The van der Waals surface area contributed by atoms with Gasteiger partial charge in [0.15, 0.2) is 0 Å². The summed E-state index contributed by atoms with van der Waals surface area (Å²) in [7, 11) is 0. The van der Waals surface area contributed by atoms with E-state index in [1.807, 2.05) is 0 Å². The average molecular weight is 226 g/mol. The van der Waals surface area contributed by atoms with Gasteiger partial charge >= 0.3 is 5.97 Å². The van der Waals surface area contributed by atoms with Gasteiger partial charge in [0.1, 0.15) is 5.54 Å². The minimum absolute atomic E-state index is 0.0419. The number of hydrogen-bond donors (Lipinski definition) is 2. The van der Waals surface area contributed by atoms with Gasteiger partial charge in [-0.05, 0) is 25.3 Å². The van der Waals surface area contributed by atoms with Crippen LogP contribution in [0.1, 0.15) is 32.1 Å². The summed E-state index contributed by atoms with van der Waals surface area (Å²) in [6.45, 7) is 0.972. The first kappa shape index (κ1) is 11.4. The number of nitrogens with two attached hydrogens (primary N) is 1. The fraction of sp³-hybridized carbons (Fsp3) is 0.818. The van der Waals surface area contributed by atoms with Gasteiger partial charge in [0, 0.05) is 13.0 Å². The first-order valence-corrected chi connectivity index (χ1v) is 5.84. The Balaban J connectivity index is 2.21. The van der Waals surface area contributed by atoms with E-state index in [9.17, 15) is 14.7 Å². The van der Waals surface area contributed by atoms with Gasteiger partial charge in [0.2, 0.25) is 5.91 Å². The van der Waals surface area contributed by atoms with E-state index in [-0.39, 0.29) is 11.8 Å². The first-order valence-electron chi connectivity index (χ1n) is 5.84. The molecule has 5 heteroatoms. The Morgan fingerprint density at radius 3 is 2.56 bits per heavy atom. The Morgan fingerprint density at radius 1 is 1.50 bits per heavy atom. The average Bonchev–Trinajstić information content (AvgIpc) is 2.84. The number of carbonyl (C=O) groups excluding carboxylic acids is 1. The highest BCUT2D eigenvalue weighted by molar-refractivity contribution is 5.88. The van der Waals surface area contributed by atoms with E-state index >= 15 is 0 Å². The first-order chi connectivity index (χ1) is 7.60. The van der Waals surface area contributed by atoms with Crippen LogP contribution in [-0.2, 0) is 9.59 Å². The fourth-order valence-electron chi connectivity index (χ4n) is 2.91. The molecular weight excluding hydrogens is 208 g/mol. The number of carboxylic acids is 1. The Morgan fingerprint density at radius 2 is 2.12 bits per heavy atom. The smallest absolute Gasteiger partial charge is 0.329 e. The van der Waals surface area contributed by atoms with Crippen LogP contribution < -0.4 is 5.73 Å². The van der Waals surface area contributed by atoms with Crippen LogP contribution in [0.2, 0.25) is 0 Å². The van der Waals surface area contributed by atoms with Crippen LogP contribution in [0.5, 0.6) is 0 Å². The number of aliphatic carboxylic acids is 1. The van der Waals surface area contributed by atoms with E-state index in [2.05, 4.69) is 0 Å². The molecule has 0 spiro atoms. The lowest BCUT2D eigenvalue weighted by Crippen LogP contribution is -2.53. The summed E-state index contributed by atoms with van der Waals surface area (Å²) in [5.41, 5.74) is 4.62. The maximum absolute atomic E-state index is 11.8. The Bertz CT molecular complexity index is 310. The molecule has 2 rings (SSSR count). The SMILES string of the molecule is NCC1CC(=O)N(C2(C(=O)O)CCCC2)C1. The number of nitrogens with zero attached hydrogens (tertiary/aromatic N) is 1. The molecule has 1 aliphatic heterocycles. The van der Waals surface area contributed by atoms with Crippen molar-refractivity contribution in [3.8, 4) is 0 Å². The van der Waals surface area contributed by atoms with Crippen molar-refractivity contribution >= 4 is 11.9 Å². The van der Waals surface area contributed by atoms with E-state index in [0.29, 0.717) is 32.4 Å². The van der Waals surface area contributed by atoms with Gasteiger partial charge in [-0.1, -0.05) is 12.8 Å². The Kier molecular flexibility index (Phi) is 2.88. The molecule has 2 fully saturated rings. The second-order valence-corrected chi connectivity index (χ2v) is 4.85. The monoisotopic (exact) mass is 226 g/mol. The van der Waals surface area contributed by atoms with Gasteiger partial charge in [-0.3, -0.25) is 4.79 Å². The minimum Gasteiger partial charge on any atom is -0.479 e. The van der Waals surface area contributed by atoms with E-state index in [4.69, 9.17) is 5.73 Å².